The van der Waals surface area contributed by atoms with Gasteiger partial charge in [0.2, 0.25) is 0 Å². The first-order chi connectivity index (χ1) is 10.9. The van der Waals surface area contributed by atoms with Crippen LogP contribution in [0.5, 0.6) is 0 Å². The number of hydrogen-bond donors (Lipinski definition) is 2. The van der Waals surface area contributed by atoms with Crippen molar-refractivity contribution in [1.82, 2.24) is 0 Å². The Hall–Kier alpha value is -1.16. The topological polar surface area (TPSA) is 69.9 Å². The lowest BCUT2D eigenvalue weighted by Gasteiger charge is -2.56. The second kappa shape index (κ2) is 4.92. The van der Waals surface area contributed by atoms with Crippen molar-refractivity contribution >= 4 is 11.5 Å². The molecule has 0 amide bonds. The second-order valence-corrected chi connectivity index (χ2v) is 8.69. The van der Waals surface area contributed by atoms with Crippen LogP contribution in [0.3, 0.4) is 0 Å². The van der Waals surface area contributed by atoms with E-state index < -0.39 is 0 Å². The fourth-order valence-corrected chi connectivity index (χ4v) is 6.34. The molecule has 0 radical (unpaired) electrons. The predicted octanol–water partition coefficient (Wildman–Crippen LogP) is 3.32. The van der Waals surface area contributed by atoms with Crippen molar-refractivity contribution in [3.05, 3.63) is 11.6 Å². The molecule has 126 valence electrons. The van der Waals surface area contributed by atoms with E-state index in [-0.39, 0.29) is 22.7 Å². The summed E-state index contributed by atoms with van der Waals surface area (Å²) in [7, 11) is 0. The minimum absolute atomic E-state index is 0.0717. The van der Waals surface area contributed by atoms with E-state index in [1.165, 1.54) is 5.57 Å². The standard InChI is InChI=1S/C19H27NO3/c1-18-7-5-12(21)9-11(18)3-4-13-14(18)6-8-19(2)15(13)10-16(20-23)17(19)22/h3,12-15,21,23H,4-10H2,1-2H3/b20-16-/t12-,13-,14+,15+,18-,19-/m0/s1. The number of nitrogens with zero attached hydrogens (tertiary/aromatic N) is 1. The molecule has 0 aromatic rings. The van der Waals surface area contributed by atoms with Crippen LogP contribution in [0, 0.1) is 28.6 Å². The fraction of sp³-hybridized carbons (Fsp3) is 0.789. The normalized spacial score (nSPS) is 51.0. The van der Waals surface area contributed by atoms with Crippen LogP contribution in [0.2, 0.25) is 0 Å². The zero-order chi connectivity index (χ0) is 16.4. The molecule has 0 aromatic carbocycles. The average molecular weight is 317 g/mol. The molecular weight excluding hydrogens is 290 g/mol. The number of Topliss-reactive ketones (excluding diaryl/α,β-unsaturated/α-hetero) is 1. The molecule has 4 heteroatoms. The number of carbonyl (C=O) groups excluding carboxylic acids is 1. The predicted molar refractivity (Wildman–Crippen MR) is 87.3 cm³/mol. The lowest BCUT2D eigenvalue weighted by molar-refractivity contribution is -0.128. The summed E-state index contributed by atoms with van der Waals surface area (Å²) in [6.45, 7) is 4.46. The lowest BCUT2D eigenvalue weighted by Crippen LogP contribution is -2.50. The van der Waals surface area contributed by atoms with Gasteiger partial charge in [0.05, 0.1) is 6.10 Å². The van der Waals surface area contributed by atoms with Crippen molar-refractivity contribution in [2.45, 2.75) is 64.9 Å². The Bertz CT molecular complexity index is 610. The third-order valence-corrected chi connectivity index (χ3v) is 7.78. The van der Waals surface area contributed by atoms with Gasteiger partial charge in [-0.1, -0.05) is 30.7 Å². The van der Waals surface area contributed by atoms with Crippen molar-refractivity contribution in [2.75, 3.05) is 0 Å². The van der Waals surface area contributed by atoms with Crippen molar-refractivity contribution < 1.29 is 15.1 Å². The summed E-state index contributed by atoms with van der Waals surface area (Å²) in [5.74, 6) is 1.48. The molecule has 0 aromatic heterocycles. The van der Waals surface area contributed by atoms with Gasteiger partial charge in [0.25, 0.3) is 0 Å². The summed E-state index contributed by atoms with van der Waals surface area (Å²) in [4.78, 5) is 12.6. The Balaban J connectivity index is 1.71. The first-order valence-electron chi connectivity index (χ1n) is 9.03. The van der Waals surface area contributed by atoms with Crippen LogP contribution in [-0.2, 0) is 4.79 Å². The van der Waals surface area contributed by atoms with Gasteiger partial charge in [-0.3, -0.25) is 4.79 Å². The maximum absolute atomic E-state index is 12.6. The molecular formula is C19H27NO3. The summed E-state index contributed by atoms with van der Waals surface area (Å²) in [6.07, 6.45) is 8.57. The molecule has 0 spiro atoms. The number of ketones is 1. The maximum Gasteiger partial charge on any atom is 0.186 e. The van der Waals surface area contributed by atoms with Gasteiger partial charge < -0.3 is 10.3 Å². The number of rotatable bonds is 0. The van der Waals surface area contributed by atoms with Gasteiger partial charge >= 0.3 is 0 Å². The van der Waals surface area contributed by atoms with Crippen LogP contribution in [-0.4, -0.2) is 27.9 Å². The number of carbonyl (C=O) groups is 1. The summed E-state index contributed by atoms with van der Waals surface area (Å²) in [6, 6.07) is 0. The Kier molecular flexibility index (Phi) is 3.29. The van der Waals surface area contributed by atoms with Crippen LogP contribution in [0.15, 0.2) is 16.8 Å². The molecule has 0 saturated heterocycles. The SMILES string of the molecule is C[C@]12CC[C@H](O)CC1=CC[C@H]1[C@H]2CC[C@]2(C)C(=O)/C(=N\O)C[C@H]12. The van der Waals surface area contributed by atoms with Crippen LogP contribution in [0.25, 0.3) is 0 Å². The number of oxime groups is 1. The first kappa shape index (κ1) is 15.4. The Morgan fingerprint density at radius 1 is 1.13 bits per heavy atom. The highest BCUT2D eigenvalue weighted by molar-refractivity contribution is 6.43. The third kappa shape index (κ3) is 1.93. The average Bonchev–Trinajstić information content (AvgIpc) is 2.79. The van der Waals surface area contributed by atoms with Gasteiger partial charge in [0, 0.05) is 11.8 Å². The molecule has 0 heterocycles. The van der Waals surface area contributed by atoms with Crippen LogP contribution in [0.4, 0.5) is 0 Å². The number of hydrogen-bond acceptors (Lipinski definition) is 4. The number of fused-ring (bicyclic) bond motifs is 5. The molecule has 0 bridgehead atoms. The zero-order valence-electron chi connectivity index (χ0n) is 14.1. The largest absolute Gasteiger partial charge is 0.411 e. The molecule has 3 fully saturated rings. The molecule has 4 nitrogen and oxygen atoms in total. The highest BCUT2D eigenvalue weighted by Crippen LogP contribution is 2.63. The quantitative estimate of drug-likeness (QED) is 0.409. The van der Waals surface area contributed by atoms with E-state index in [0.29, 0.717) is 29.9 Å². The van der Waals surface area contributed by atoms with Crippen LogP contribution < -0.4 is 0 Å². The van der Waals surface area contributed by atoms with E-state index in [1.54, 1.807) is 0 Å². The second-order valence-electron chi connectivity index (χ2n) is 8.69. The lowest BCUT2D eigenvalue weighted by atomic mass is 9.48. The van der Waals surface area contributed by atoms with E-state index in [1.807, 2.05) is 0 Å². The molecule has 3 saturated carbocycles. The molecule has 4 aliphatic rings. The monoisotopic (exact) mass is 317 g/mol. The smallest absolute Gasteiger partial charge is 0.186 e. The molecule has 23 heavy (non-hydrogen) atoms. The van der Waals surface area contributed by atoms with Crippen molar-refractivity contribution in [3.8, 4) is 0 Å². The Labute approximate surface area is 137 Å². The highest BCUT2D eigenvalue weighted by Gasteiger charge is 2.60. The van der Waals surface area contributed by atoms with Crippen LogP contribution >= 0.6 is 0 Å². The minimum atomic E-state index is -0.335. The zero-order valence-corrected chi connectivity index (χ0v) is 14.1. The van der Waals surface area contributed by atoms with Crippen molar-refractivity contribution in [3.63, 3.8) is 0 Å². The number of aliphatic hydroxyl groups is 1. The first-order valence-corrected chi connectivity index (χ1v) is 9.03. The van der Waals surface area contributed by atoms with Gasteiger partial charge in [-0.15, -0.1) is 0 Å². The van der Waals surface area contributed by atoms with E-state index in [9.17, 15) is 15.1 Å². The molecule has 2 N–H and O–H groups in total. The molecule has 6 atom stereocenters. The van der Waals surface area contributed by atoms with Gasteiger partial charge in [-0.25, -0.2) is 0 Å². The van der Waals surface area contributed by atoms with E-state index in [2.05, 4.69) is 25.1 Å². The summed E-state index contributed by atoms with van der Waals surface area (Å²) >= 11 is 0. The van der Waals surface area contributed by atoms with Crippen LogP contribution in [0.1, 0.15) is 58.8 Å². The van der Waals surface area contributed by atoms with Gasteiger partial charge in [-0.2, -0.15) is 0 Å². The summed E-state index contributed by atoms with van der Waals surface area (Å²) in [5, 5.41) is 22.5. The van der Waals surface area contributed by atoms with Crippen molar-refractivity contribution in [1.29, 1.82) is 0 Å². The summed E-state index contributed by atoms with van der Waals surface area (Å²) in [5.41, 5.74) is 1.68. The molecule has 4 aliphatic carbocycles. The fourth-order valence-electron chi connectivity index (χ4n) is 6.34. The number of allylic oxidation sites excluding steroid dienone is 1. The highest BCUT2D eigenvalue weighted by atomic mass is 16.4. The minimum Gasteiger partial charge on any atom is -0.411 e. The summed E-state index contributed by atoms with van der Waals surface area (Å²) < 4.78 is 0. The maximum atomic E-state index is 12.6. The third-order valence-electron chi connectivity index (χ3n) is 7.78. The molecule has 0 aliphatic heterocycles. The number of aliphatic hydroxyl groups excluding tert-OH is 1. The van der Waals surface area contributed by atoms with Crippen molar-refractivity contribution in [2.24, 2.45) is 33.7 Å². The molecule has 4 rings (SSSR count). The van der Waals surface area contributed by atoms with Gasteiger partial charge in [0.15, 0.2) is 5.78 Å². The van der Waals surface area contributed by atoms with E-state index in [4.69, 9.17) is 0 Å². The van der Waals surface area contributed by atoms with Gasteiger partial charge in [0.1, 0.15) is 5.71 Å². The molecule has 0 unspecified atom stereocenters. The Morgan fingerprint density at radius 2 is 1.87 bits per heavy atom. The van der Waals surface area contributed by atoms with Gasteiger partial charge in [-0.05, 0) is 61.7 Å². The van der Waals surface area contributed by atoms with E-state index in [0.717, 1.165) is 38.5 Å². The van der Waals surface area contributed by atoms with E-state index >= 15 is 0 Å². The Morgan fingerprint density at radius 3 is 2.61 bits per heavy atom.